The number of hydrogen-bond donors (Lipinski definition) is 1. The third-order valence-electron chi connectivity index (χ3n) is 4.36. The molecule has 4 nitrogen and oxygen atoms in total. The van der Waals surface area contributed by atoms with Crippen molar-refractivity contribution in [2.75, 3.05) is 16.8 Å². The van der Waals surface area contributed by atoms with Gasteiger partial charge < -0.3 is 10.2 Å². The Hall–Kier alpha value is -1.84. The van der Waals surface area contributed by atoms with E-state index in [0.29, 0.717) is 0 Å². The molecule has 0 fully saturated rings. The van der Waals surface area contributed by atoms with Crippen LogP contribution >= 0.6 is 0 Å². The van der Waals surface area contributed by atoms with E-state index in [-0.39, 0.29) is 17.7 Å². The molecule has 1 aromatic rings. The van der Waals surface area contributed by atoms with Crippen LogP contribution in [0.2, 0.25) is 0 Å². The molecule has 0 unspecified atom stereocenters. The van der Waals surface area contributed by atoms with Crippen molar-refractivity contribution in [1.82, 2.24) is 0 Å². The maximum atomic E-state index is 12.3. The topological polar surface area (TPSA) is 49.4 Å². The number of benzene rings is 1. The second kappa shape index (κ2) is 4.58. The molecule has 4 heteroatoms. The van der Waals surface area contributed by atoms with Gasteiger partial charge in [-0.1, -0.05) is 20.8 Å². The minimum Gasteiger partial charge on any atom is -0.326 e. The van der Waals surface area contributed by atoms with Crippen LogP contribution in [0.25, 0.3) is 0 Å². The van der Waals surface area contributed by atoms with Gasteiger partial charge >= 0.3 is 0 Å². The summed E-state index contributed by atoms with van der Waals surface area (Å²) in [6.07, 6.45) is 1.96. The van der Waals surface area contributed by atoms with Gasteiger partial charge in [0.25, 0.3) is 0 Å². The molecular formula is C17H22N2O2. The van der Waals surface area contributed by atoms with Crippen molar-refractivity contribution in [2.24, 2.45) is 5.41 Å². The summed E-state index contributed by atoms with van der Waals surface area (Å²) < 4.78 is 0. The minimum absolute atomic E-state index is 0.000655. The van der Waals surface area contributed by atoms with Crippen molar-refractivity contribution in [2.45, 2.75) is 46.5 Å². The van der Waals surface area contributed by atoms with E-state index in [1.807, 2.05) is 44.7 Å². The van der Waals surface area contributed by atoms with Crippen molar-refractivity contribution in [3.05, 3.63) is 23.3 Å². The first-order valence-corrected chi connectivity index (χ1v) is 7.58. The van der Waals surface area contributed by atoms with Gasteiger partial charge in [-0.2, -0.15) is 0 Å². The first-order chi connectivity index (χ1) is 9.79. The highest BCUT2D eigenvalue weighted by atomic mass is 16.2. The molecule has 112 valence electrons. The van der Waals surface area contributed by atoms with Gasteiger partial charge in [-0.05, 0) is 43.0 Å². The van der Waals surface area contributed by atoms with Gasteiger partial charge in [-0.15, -0.1) is 0 Å². The third-order valence-corrected chi connectivity index (χ3v) is 4.36. The average molecular weight is 286 g/mol. The van der Waals surface area contributed by atoms with Crippen molar-refractivity contribution in [3.8, 4) is 0 Å². The van der Waals surface area contributed by atoms with Gasteiger partial charge in [-0.3, -0.25) is 9.59 Å². The zero-order valence-electron chi connectivity index (χ0n) is 13.1. The van der Waals surface area contributed by atoms with Gasteiger partial charge in [0.1, 0.15) is 0 Å². The lowest BCUT2D eigenvalue weighted by molar-refractivity contribution is -0.123. The Morgan fingerprint density at radius 3 is 2.71 bits per heavy atom. The highest BCUT2D eigenvalue weighted by Crippen LogP contribution is 2.44. The van der Waals surface area contributed by atoms with Gasteiger partial charge in [0.15, 0.2) is 0 Å². The molecule has 3 rings (SSSR count). The molecule has 21 heavy (non-hydrogen) atoms. The van der Waals surface area contributed by atoms with Crippen LogP contribution in [0, 0.1) is 5.41 Å². The van der Waals surface area contributed by atoms with E-state index in [1.54, 1.807) is 0 Å². The van der Waals surface area contributed by atoms with Crippen LogP contribution in [0.4, 0.5) is 11.4 Å². The molecule has 2 aliphatic rings. The second-order valence-corrected chi connectivity index (χ2v) is 7.09. The molecule has 1 N–H and O–H groups in total. The summed E-state index contributed by atoms with van der Waals surface area (Å²) in [6.45, 7) is 8.46. The Bertz CT molecular complexity index is 628. The van der Waals surface area contributed by atoms with E-state index < -0.39 is 5.41 Å². The average Bonchev–Trinajstić information content (AvgIpc) is 2.65. The van der Waals surface area contributed by atoms with Crippen LogP contribution in [-0.2, 0) is 16.0 Å². The number of rotatable bonds is 1. The summed E-state index contributed by atoms with van der Waals surface area (Å²) in [5.74, 6) is 0.0767. The molecule has 0 aliphatic carbocycles. The van der Waals surface area contributed by atoms with Crippen molar-refractivity contribution in [1.29, 1.82) is 0 Å². The first kappa shape index (κ1) is 14.1. The normalized spacial score (nSPS) is 20.5. The van der Waals surface area contributed by atoms with Crippen molar-refractivity contribution < 1.29 is 9.59 Å². The Morgan fingerprint density at radius 2 is 2.05 bits per heavy atom. The van der Waals surface area contributed by atoms with Crippen molar-refractivity contribution >= 4 is 23.2 Å². The highest BCUT2D eigenvalue weighted by molar-refractivity contribution is 6.07. The first-order valence-electron chi connectivity index (χ1n) is 7.58. The molecular weight excluding hydrogens is 264 g/mol. The van der Waals surface area contributed by atoms with E-state index >= 15 is 0 Å². The Balaban J connectivity index is 2.01. The summed E-state index contributed by atoms with van der Waals surface area (Å²) in [4.78, 5) is 26.4. The third kappa shape index (κ3) is 2.23. The van der Waals surface area contributed by atoms with Crippen molar-refractivity contribution in [3.63, 3.8) is 0 Å². The number of carbonyl (C=O) groups excluding carboxylic acids is 2. The lowest BCUT2D eigenvalue weighted by Gasteiger charge is -2.26. The molecule has 2 amide bonds. The summed E-state index contributed by atoms with van der Waals surface area (Å²) >= 11 is 0. The van der Waals surface area contributed by atoms with Gasteiger partial charge in [0.05, 0.1) is 11.6 Å². The molecule has 1 atom stereocenters. The molecule has 2 aliphatic heterocycles. The largest absolute Gasteiger partial charge is 0.326 e. The number of carbonyl (C=O) groups is 2. The summed E-state index contributed by atoms with van der Waals surface area (Å²) in [5, 5.41) is 2.99. The Labute approximate surface area is 125 Å². The molecule has 2 heterocycles. The predicted octanol–water partition coefficient (Wildman–Crippen LogP) is 3.07. The monoisotopic (exact) mass is 286 g/mol. The molecule has 0 saturated carbocycles. The Kier molecular flexibility index (Phi) is 3.08. The van der Waals surface area contributed by atoms with Crippen LogP contribution in [-0.4, -0.2) is 18.4 Å². The van der Waals surface area contributed by atoms with E-state index in [4.69, 9.17) is 0 Å². The van der Waals surface area contributed by atoms with E-state index in [1.165, 1.54) is 5.56 Å². The van der Waals surface area contributed by atoms with E-state index in [0.717, 1.165) is 36.3 Å². The predicted molar refractivity (Wildman–Crippen MR) is 83.6 cm³/mol. The Morgan fingerprint density at radius 1 is 1.33 bits per heavy atom. The molecule has 0 saturated heterocycles. The zero-order valence-corrected chi connectivity index (χ0v) is 13.1. The standard InChI is InChI=1S/C17H22N2O2/c1-10-13-9-12(18-16(21)17(2,3)4)8-11-6-5-7-19(14(11)13)15(10)20/h8-10H,5-7H2,1-4H3,(H,18,21)/t10-/m0/s1. The van der Waals surface area contributed by atoms with Gasteiger partial charge in [0.2, 0.25) is 11.8 Å². The highest BCUT2D eigenvalue weighted by Gasteiger charge is 2.38. The SMILES string of the molecule is C[C@@H]1C(=O)N2CCCc3cc(NC(=O)C(C)(C)C)cc1c32. The molecule has 0 radical (unpaired) electrons. The maximum absolute atomic E-state index is 12.3. The number of anilines is 2. The van der Waals surface area contributed by atoms with Gasteiger partial charge in [0, 0.05) is 17.6 Å². The molecule has 0 aromatic heterocycles. The number of nitrogens with one attached hydrogen (secondary N) is 1. The van der Waals surface area contributed by atoms with Crippen LogP contribution < -0.4 is 10.2 Å². The van der Waals surface area contributed by atoms with Crippen LogP contribution in [0.3, 0.4) is 0 Å². The van der Waals surface area contributed by atoms with Crippen LogP contribution in [0.15, 0.2) is 12.1 Å². The number of aryl methyl sites for hydroxylation is 1. The summed E-state index contributed by atoms with van der Waals surface area (Å²) in [5.41, 5.74) is 3.71. The fourth-order valence-electron chi connectivity index (χ4n) is 3.09. The maximum Gasteiger partial charge on any atom is 0.234 e. The van der Waals surface area contributed by atoms with E-state index in [2.05, 4.69) is 5.32 Å². The summed E-state index contributed by atoms with van der Waals surface area (Å²) in [6, 6.07) is 4.00. The van der Waals surface area contributed by atoms with Crippen LogP contribution in [0.1, 0.15) is 51.2 Å². The smallest absolute Gasteiger partial charge is 0.234 e. The fraction of sp³-hybridized carbons (Fsp3) is 0.529. The lowest BCUT2D eigenvalue weighted by atomic mass is 9.93. The molecule has 1 aromatic carbocycles. The zero-order chi connectivity index (χ0) is 15.4. The van der Waals surface area contributed by atoms with Gasteiger partial charge in [-0.25, -0.2) is 0 Å². The molecule has 0 bridgehead atoms. The number of nitrogens with zero attached hydrogens (tertiary/aromatic N) is 1. The summed E-state index contributed by atoms with van der Waals surface area (Å²) in [7, 11) is 0. The number of hydrogen-bond acceptors (Lipinski definition) is 2. The lowest BCUT2D eigenvalue weighted by Crippen LogP contribution is -2.32. The second-order valence-electron chi connectivity index (χ2n) is 7.09. The quantitative estimate of drug-likeness (QED) is 0.862. The fourth-order valence-corrected chi connectivity index (χ4v) is 3.09. The minimum atomic E-state index is -0.427. The van der Waals surface area contributed by atoms with E-state index in [9.17, 15) is 9.59 Å². The van der Waals surface area contributed by atoms with Crippen LogP contribution in [0.5, 0.6) is 0 Å². The number of amides is 2. The molecule has 0 spiro atoms.